The van der Waals surface area contributed by atoms with E-state index in [1.165, 1.54) is 30.7 Å². The number of rotatable bonds is 6. The van der Waals surface area contributed by atoms with E-state index in [1.54, 1.807) is 6.92 Å². The Kier molecular flexibility index (Phi) is 6.23. The minimum absolute atomic E-state index is 0.0386. The van der Waals surface area contributed by atoms with Gasteiger partial charge >= 0.3 is 5.97 Å². The van der Waals surface area contributed by atoms with Gasteiger partial charge in [0.1, 0.15) is 11.1 Å². The molecule has 0 saturated carbocycles. The highest BCUT2D eigenvalue weighted by Crippen LogP contribution is 2.32. The molecular weight excluding hydrogens is 418 g/mol. The Balaban J connectivity index is 1.90. The van der Waals surface area contributed by atoms with Crippen molar-refractivity contribution in [3.8, 4) is 11.4 Å². The van der Waals surface area contributed by atoms with Crippen LogP contribution in [0.15, 0.2) is 41.3 Å². The molecule has 0 atom stereocenters. The number of pyridine rings is 1. The van der Waals surface area contributed by atoms with E-state index in [2.05, 4.69) is 4.90 Å². The fourth-order valence-corrected chi connectivity index (χ4v) is 4.11. The second-order valence-electron chi connectivity index (χ2n) is 7.71. The predicted molar refractivity (Wildman–Crippen MR) is 116 cm³/mol. The lowest BCUT2D eigenvalue weighted by atomic mass is 10.1. The Morgan fingerprint density at radius 2 is 1.81 bits per heavy atom. The quantitative estimate of drug-likeness (QED) is 0.539. The van der Waals surface area contributed by atoms with Crippen molar-refractivity contribution >= 4 is 16.9 Å². The standard InChI is InChI=1S/C24H24F2N2O4/c1-3-32-24(30)18-14-28(16-8-6-15(7-9-16)13-27-10-4-5-11-27)21-17(22(18)29)12-19(25)20(26)23(21)31-2/h6-9,12,14H,3-5,10-11,13H2,1-2H3. The topological polar surface area (TPSA) is 60.8 Å². The third-order valence-corrected chi connectivity index (χ3v) is 5.66. The van der Waals surface area contributed by atoms with Gasteiger partial charge in [0.2, 0.25) is 11.2 Å². The number of fused-ring (bicyclic) bond motifs is 1. The Hall–Kier alpha value is -3.26. The summed E-state index contributed by atoms with van der Waals surface area (Å²) in [6.45, 7) is 4.65. The highest BCUT2D eigenvalue weighted by atomic mass is 19.2. The van der Waals surface area contributed by atoms with Gasteiger partial charge < -0.3 is 14.0 Å². The maximum atomic E-state index is 14.5. The summed E-state index contributed by atoms with van der Waals surface area (Å²) in [5.41, 5.74) is 0.689. The number of likely N-dealkylation sites (tertiary alicyclic amines) is 1. The average Bonchev–Trinajstić information content (AvgIpc) is 3.29. The maximum Gasteiger partial charge on any atom is 0.343 e. The lowest BCUT2D eigenvalue weighted by molar-refractivity contribution is 0.0524. The zero-order valence-corrected chi connectivity index (χ0v) is 18.0. The highest BCUT2D eigenvalue weighted by molar-refractivity contribution is 5.96. The molecule has 1 saturated heterocycles. The van der Waals surface area contributed by atoms with Gasteiger partial charge in [-0.05, 0) is 56.6 Å². The number of benzene rings is 2. The molecule has 0 aliphatic carbocycles. The Morgan fingerprint density at radius 1 is 1.12 bits per heavy atom. The highest BCUT2D eigenvalue weighted by Gasteiger charge is 2.24. The first-order valence-corrected chi connectivity index (χ1v) is 10.5. The van der Waals surface area contributed by atoms with Gasteiger partial charge in [-0.15, -0.1) is 0 Å². The predicted octanol–water partition coefficient (Wildman–Crippen LogP) is 4.05. The summed E-state index contributed by atoms with van der Waals surface area (Å²) in [6.07, 6.45) is 3.68. The number of halogens is 2. The molecule has 1 aliphatic heterocycles. The molecule has 0 radical (unpaired) electrons. The second kappa shape index (κ2) is 9.08. The van der Waals surface area contributed by atoms with Crippen molar-refractivity contribution in [1.82, 2.24) is 9.47 Å². The van der Waals surface area contributed by atoms with Crippen molar-refractivity contribution in [2.45, 2.75) is 26.3 Å². The molecule has 0 bridgehead atoms. The number of carbonyl (C=O) groups excluding carboxylic acids is 1. The van der Waals surface area contributed by atoms with Crippen LogP contribution in [0.3, 0.4) is 0 Å². The van der Waals surface area contributed by atoms with Gasteiger partial charge in [-0.3, -0.25) is 9.69 Å². The molecule has 2 heterocycles. The van der Waals surface area contributed by atoms with Crippen LogP contribution < -0.4 is 10.2 Å². The summed E-state index contributed by atoms with van der Waals surface area (Å²) in [4.78, 5) is 27.7. The van der Waals surface area contributed by atoms with E-state index in [0.29, 0.717) is 5.69 Å². The van der Waals surface area contributed by atoms with Gasteiger partial charge in [0.05, 0.1) is 19.1 Å². The van der Waals surface area contributed by atoms with Crippen molar-refractivity contribution in [1.29, 1.82) is 0 Å². The number of hydrogen-bond donors (Lipinski definition) is 0. The van der Waals surface area contributed by atoms with Crippen molar-refractivity contribution < 1.29 is 23.0 Å². The van der Waals surface area contributed by atoms with Gasteiger partial charge in [0, 0.05) is 18.4 Å². The minimum atomic E-state index is -1.24. The van der Waals surface area contributed by atoms with Gasteiger partial charge in [-0.1, -0.05) is 12.1 Å². The normalized spacial score (nSPS) is 14.1. The summed E-state index contributed by atoms with van der Waals surface area (Å²) in [5, 5.41) is -0.174. The molecule has 0 amide bonds. The van der Waals surface area contributed by atoms with Gasteiger partial charge in [0.25, 0.3) is 0 Å². The van der Waals surface area contributed by atoms with Crippen molar-refractivity contribution in [3.63, 3.8) is 0 Å². The molecule has 1 aliphatic rings. The fourth-order valence-electron chi connectivity index (χ4n) is 4.11. The largest absolute Gasteiger partial charge is 0.491 e. The lowest BCUT2D eigenvalue weighted by Gasteiger charge is -2.18. The molecule has 8 heteroatoms. The average molecular weight is 442 g/mol. The Bertz CT molecular complexity index is 1220. The second-order valence-corrected chi connectivity index (χ2v) is 7.71. The number of aromatic nitrogens is 1. The molecule has 1 fully saturated rings. The van der Waals surface area contributed by atoms with E-state index in [4.69, 9.17) is 9.47 Å². The molecule has 2 aromatic carbocycles. The van der Waals surface area contributed by atoms with Crippen molar-refractivity contribution in [2.24, 2.45) is 0 Å². The SMILES string of the molecule is CCOC(=O)c1cn(-c2ccc(CN3CCCC3)cc2)c2c(OC)c(F)c(F)cc2c1=O. The van der Waals surface area contributed by atoms with Crippen molar-refractivity contribution in [2.75, 3.05) is 26.8 Å². The van der Waals surface area contributed by atoms with Crippen LogP contribution in [0.4, 0.5) is 8.78 Å². The van der Waals surface area contributed by atoms with E-state index < -0.39 is 28.8 Å². The van der Waals surface area contributed by atoms with Crippen LogP contribution in [-0.2, 0) is 11.3 Å². The monoisotopic (exact) mass is 442 g/mol. The number of nitrogens with zero attached hydrogens (tertiary/aromatic N) is 2. The lowest BCUT2D eigenvalue weighted by Crippen LogP contribution is -2.21. The molecule has 0 N–H and O–H groups in total. The Morgan fingerprint density at radius 3 is 2.44 bits per heavy atom. The molecule has 4 rings (SSSR count). The molecule has 6 nitrogen and oxygen atoms in total. The van der Waals surface area contributed by atoms with Crippen LogP contribution in [0.5, 0.6) is 5.75 Å². The molecule has 0 spiro atoms. The molecular formula is C24H24F2N2O4. The van der Waals surface area contributed by atoms with Gasteiger partial charge in [0.15, 0.2) is 11.6 Å². The number of methoxy groups -OCH3 is 1. The van der Waals surface area contributed by atoms with Crippen LogP contribution in [0.1, 0.15) is 35.7 Å². The number of hydrogen-bond acceptors (Lipinski definition) is 5. The number of carbonyl (C=O) groups is 1. The maximum absolute atomic E-state index is 14.5. The van der Waals surface area contributed by atoms with Crippen LogP contribution >= 0.6 is 0 Å². The van der Waals surface area contributed by atoms with E-state index in [9.17, 15) is 18.4 Å². The van der Waals surface area contributed by atoms with E-state index >= 15 is 0 Å². The summed E-state index contributed by atoms with van der Waals surface area (Å²) in [7, 11) is 1.20. The first-order chi connectivity index (χ1) is 15.4. The molecule has 1 aromatic heterocycles. The summed E-state index contributed by atoms with van der Waals surface area (Å²) >= 11 is 0. The number of esters is 1. The molecule has 3 aromatic rings. The van der Waals surface area contributed by atoms with E-state index in [0.717, 1.165) is 31.3 Å². The summed E-state index contributed by atoms with van der Waals surface area (Å²) in [6, 6.07) is 8.29. The third-order valence-electron chi connectivity index (χ3n) is 5.66. The first kappa shape index (κ1) is 22.0. The van der Waals surface area contributed by atoms with E-state index in [-0.39, 0.29) is 23.1 Å². The summed E-state index contributed by atoms with van der Waals surface area (Å²) in [5.74, 6) is -3.68. The van der Waals surface area contributed by atoms with Crippen LogP contribution in [0.2, 0.25) is 0 Å². The molecule has 0 unspecified atom stereocenters. The molecule has 168 valence electrons. The van der Waals surface area contributed by atoms with E-state index in [1.807, 2.05) is 24.3 Å². The van der Waals surface area contributed by atoms with Crippen LogP contribution in [0, 0.1) is 11.6 Å². The molecule has 32 heavy (non-hydrogen) atoms. The minimum Gasteiger partial charge on any atom is -0.491 e. The summed E-state index contributed by atoms with van der Waals surface area (Å²) < 4.78 is 40.3. The van der Waals surface area contributed by atoms with Gasteiger partial charge in [-0.2, -0.15) is 4.39 Å². The third kappa shape index (κ3) is 3.98. The number of ether oxygens (including phenoxy) is 2. The zero-order valence-electron chi connectivity index (χ0n) is 18.0. The van der Waals surface area contributed by atoms with Crippen LogP contribution in [0.25, 0.3) is 16.6 Å². The smallest absolute Gasteiger partial charge is 0.343 e. The Labute approximate surface area is 184 Å². The first-order valence-electron chi connectivity index (χ1n) is 10.5. The van der Waals surface area contributed by atoms with Crippen molar-refractivity contribution in [3.05, 3.63) is 69.5 Å². The van der Waals surface area contributed by atoms with Crippen LogP contribution in [-0.4, -0.2) is 42.2 Å². The zero-order chi connectivity index (χ0) is 22.8. The fraction of sp³-hybridized carbons (Fsp3) is 0.333. The van der Waals surface area contributed by atoms with Gasteiger partial charge in [-0.25, -0.2) is 9.18 Å².